The second kappa shape index (κ2) is 9.00. The number of fused-ring (bicyclic) bond motifs is 1. The van der Waals surface area contributed by atoms with Crippen molar-refractivity contribution < 1.29 is 9.59 Å². The van der Waals surface area contributed by atoms with E-state index in [1.165, 1.54) is 11.3 Å². The standard InChI is InChI=1S/C23H31N5O2/c1-17(2)26-13-10-20-19(15-26)22(23(30)27-14-11-24-21(29)16-27)25-28(20)12-6-9-18-7-4-3-5-8-18/h3-5,7-8,17H,6,9-16H2,1-2H3,(H,24,29). The highest BCUT2D eigenvalue weighted by Gasteiger charge is 2.32. The highest BCUT2D eigenvalue weighted by molar-refractivity contribution is 5.97. The van der Waals surface area contributed by atoms with Crippen LogP contribution in [0.1, 0.15) is 47.6 Å². The number of nitrogens with one attached hydrogen (secondary N) is 1. The quantitative estimate of drug-likeness (QED) is 0.791. The summed E-state index contributed by atoms with van der Waals surface area (Å²) in [4.78, 5) is 29.1. The highest BCUT2D eigenvalue weighted by Crippen LogP contribution is 2.25. The predicted octanol–water partition coefficient (Wildman–Crippen LogP) is 1.85. The van der Waals surface area contributed by atoms with Crippen LogP contribution in [0.2, 0.25) is 0 Å². The molecule has 1 fully saturated rings. The molecule has 3 heterocycles. The summed E-state index contributed by atoms with van der Waals surface area (Å²) < 4.78 is 2.05. The van der Waals surface area contributed by atoms with Crippen LogP contribution < -0.4 is 5.32 Å². The summed E-state index contributed by atoms with van der Waals surface area (Å²) in [6.07, 6.45) is 2.87. The molecule has 0 spiro atoms. The molecule has 1 saturated heterocycles. The largest absolute Gasteiger partial charge is 0.353 e. The average molecular weight is 410 g/mol. The Morgan fingerprint density at radius 3 is 2.70 bits per heavy atom. The molecule has 0 radical (unpaired) electrons. The summed E-state index contributed by atoms with van der Waals surface area (Å²) in [5.74, 6) is -0.219. The molecular weight excluding hydrogens is 378 g/mol. The van der Waals surface area contributed by atoms with E-state index in [2.05, 4.69) is 48.3 Å². The first-order valence-electron chi connectivity index (χ1n) is 11.0. The molecule has 2 aliphatic rings. The van der Waals surface area contributed by atoms with Gasteiger partial charge in [0.2, 0.25) is 5.91 Å². The molecule has 2 aliphatic heterocycles. The molecule has 1 N–H and O–H groups in total. The molecule has 30 heavy (non-hydrogen) atoms. The van der Waals surface area contributed by atoms with Gasteiger partial charge in [0.25, 0.3) is 5.91 Å². The zero-order chi connectivity index (χ0) is 21.1. The second-order valence-corrected chi connectivity index (χ2v) is 8.48. The highest BCUT2D eigenvalue weighted by atomic mass is 16.2. The van der Waals surface area contributed by atoms with E-state index in [4.69, 9.17) is 5.10 Å². The van der Waals surface area contributed by atoms with Crippen LogP contribution in [0, 0.1) is 0 Å². The molecule has 4 rings (SSSR count). The third kappa shape index (κ3) is 4.41. The van der Waals surface area contributed by atoms with Crippen molar-refractivity contribution in [1.29, 1.82) is 0 Å². The van der Waals surface area contributed by atoms with E-state index in [1.807, 2.05) is 10.7 Å². The van der Waals surface area contributed by atoms with Crippen molar-refractivity contribution in [2.24, 2.45) is 0 Å². The summed E-state index contributed by atoms with van der Waals surface area (Å²) in [6, 6.07) is 10.9. The van der Waals surface area contributed by atoms with E-state index in [0.717, 1.165) is 44.5 Å². The van der Waals surface area contributed by atoms with Crippen molar-refractivity contribution in [2.75, 3.05) is 26.2 Å². The Labute approximate surface area is 178 Å². The second-order valence-electron chi connectivity index (χ2n) is 8.48. The molecule has 2 aromatic rings. The van der Waals surface area contributed by atoms with Crippen molar-refractivity contribution in [3.8, 4) is 0 Å². The number of amides is 2. The van der Waals surface area contributed by atoms with Gasteiger partial charge in [-0.25, -0.2) is 0 Å². The molecule has 0 unspecified atom stereocenters. The number of hydrogen-bond acceptors (Lipinski definition) is 4. The number of carbonyl (C=O) groups is 2. The minimum atomic E-state index is -0.117. The minimum absolute atomic E-state index is 0.102. The van der Waals surface area contributed by atoms with E-state index in [9.17, 15) is 9.59 Å². The lowest BCUT2D eigenvalue weighted by atomic mass is 10.0. The number of aromatic nitrogens is 2. The number of benzene rings is 1. The maximum atomic E-state index is 13.3. The van der Waals surface area contributed by atoms with E-state index in [1.54, 1.807) is 4.90 Å². The van der Waals surface area contributed by atoms with Gasteiger partial charge in [-0.3, -0.25) is 19.2 Å². The number of rotatable bonds is 6. The Balaban J connectivity index is 1.55. The van der Waals surface area contributed by atoms with E-state index >= 15 is 0 Å². The molecule has 0 atom stereocenters. The molecule has 7 heteroatoms. The third-order valence-electron chi connectivity index (χ3n) is 6.10. The number of carbonyl (C=O) groups excluding carboxylic acids is 2. The van der Waals surface area contributed by atoms with Crippen LogP contribution in [-0.2, 0) is 30.7 Å². The molecule has 7 nitrogen and oxygen atoms in total. The van der Waals surface area contributed by atoms with E-state index < -0.39 is 0 Å². The van der Waals surface area contributed by atoms with E-state index in [0.29, 0.717) is 24.8 Å². The molecule has 1 aromatic heterocycles. The summed E-state index contributed by atoms with van der Waals surface area (Å²) in [5, 5.41) is 7.57. The van der Waals surface area contributed by atoms with Crippen LogP contribution >= 0.6 is 0 Å². The average Bonchev–Trinajstić information content (AvgIpc) is 3.12. The van der Waals surface area contributed by atoms with Gasteiger partial charge in [0.1, 0.15) is 0 Å². The Kier molecular flexibility index (Phi) is 6.18. The molecule has 2 amide bonds. The van der Waals surface area contributed by atoms with Gasteiger partial charge in [0.15, 0.2) is 5.69 Å². The first-order valence-corrected chi connectivity index (χ1v) is 11.0. The summed E-state index contributed by atoms with van der Waals surface area (Å²) >= 11 is 0. The third-order valence-corrected chi connectivity index (χ3v) is 6.10. The van der Waals surface area contributed by atoms with Crippen LogP contribution in [0.4, 0.5) is 0 Å². The predicted molar refractivity (Wildman–Crippen MR) is 115 cm³/mol. The number of nitrogens with zero attached hydrogens (tertiary/aromatic N) is 4. The van der Waals surface area contributed by atoms with Crippen LogP contribution in [0.5, 0.6) is 0 Å². The van der Waals surface area contributed by atoms with Gasteiger partial charge in [-0.1, -0.05) is 30.3 Å². The lowest BCUT2D eigenvalue weighted by molar-refractivity contribution is -0.123. The summed E-state index contributed by atoms with van der Waals surface area (Å²) in [7, 11) is 0. The molecular formula is C23H31N5O2. The fourth-order valence-corrected chi connectivity index (χ4v) is 4.35. The summed E-state index contributed by atoms with van der Waals surface area (Å²) in [5.41, 5.74) is 4.08. The maximum Gasteiger partial charge on any atom is 0.275 e. The van der Waals surface area contributed by atoms with Crippen molar-refractivity contribution in [3.05, 3.63) is 52.8 Å². The normalized spacial score (nSPS) is 17.2. The zero-order valence-corrected chi connectivity index (χ0v) is 17.9. The Morgan fingerprint density at radius 1 is 1.17 bits per heavy atom. The van der Waals surface area contributed by atoms with Gasteiger partial charge in [0.05, 0.1) is 6.54 Å². The molecule has 0 aliphatic carbocycles. The zero-order valence-electron chi connectivity index (χ0n) is 17.9. The van der Waals surface area contributed by atoms with Crippen molar-refractivity contribution in [3.63, 3.8) is 0 Å². The van der Waals surface area contributed by atoms with Crippen LogP contribution in [0.25, 0.3) is 0 Å². The maximum absolute atomic E-state index is 13.3. The molecule has 160 valence electrons. The van der Waals surface area contributed by atoms with Crippen molar-refractivity contribution >= 4 is 11.8 Å². The lowest BCUT2D eigenvalue weighted by Gasteiger charge is -2.31. The first kappa shape index (κ1) is 20.6. The fourth-order valence-electron chi connectivity index (χ4n) is 4.35. The topological polar surface area (TPSA) is 70.5 Å². The fraction of sp³-hybridized carbons (Fsp3) is 0.522. The molecule has 0 saturated carbocycles. The SMILES string of the molecule is CC(C)N1CCc2c(c(C(=O)N3CCNC(=O)C3)nn2CCCc2ccccc2)C1. The summed E-state index contributed by atoms with van der Waals surface area (Å²) in [6.45, 7) is 8.05. The van der Waals surface area contributed by atoms with Gasteiger partial charge >= 0.3 is 0 Å². The van der Waals surface area contributed by atoms with Gasteiger partial charge in [0, 0.05) is 56.4 Å². The smallest absolute Gasteiger partial charge is 0.275 e. The lowest BCUT2D eigenvalue weighted by Crippen LogP contribution is -2.50. The first-order chi connectivity index (χ1) is 14.5. The van der Waals surface area contributed by atoms with Gasteiger partial charge in [-0.05, 0) is 32.3 Å². The minimum Gasteiger partial charge on any atom is -0.353 e. The van der Waals surface area contributed by atoms with Crippen LogP contribution in [0.15, 0.2) is 30.3 Å². The Morgan fingerprint density at radius 2 is 1.97 bits per heavy atom. The van der Waals surface area contributed by atoms with Gasteiger partial charge < -0.3 is 10.2 Å². The molecule has 0 bridgehead atoms. The molecule has 1 aromatic carbocycles. The van der Waals surface area contributed by atoms with Gasteiger partial charge in [-0.2, -0.15) is 5.10 Å². The number of aryl methyl sites for hydroxylation is 2. The number of hydrogen-bond donors (Lipinski definition) is 1. The monoisotopic (exact) mass is 409 g/mol. The van der Waals surface area contributed by atoms with Crippen molar-refractivity contribution in [2.45, 2.75) is 52.2 Å². The van der Waals surface area contributed by atoms with Crippen LogP contribution in [0.3, 0.4) is 0 Å². The van der Waals surface area contributed by atoms with E-state index in [-0.39, 0.29) is 18.4 Å². The Bertz CT molecular complexity index is 906. The van der Waals surface area contributed by atoms with Gasteiger partial charge in [-0.15, -0.1) is 0 Å². The van der Waals surface area contributed by atoms with Crippen LogP contribution in [-0.4, -0.2) is 63.6 Å². The Hall–Kier alpha value is -2.67. The van der Waals surface area contributed by atoms with Crippen molar-refractivity contribution in [1.82, 2.24) is 24.9 Å². The number of piperazine rings is 1.